The van der Waals surface area contributed by atoms with E-state index >= 15 is 0 Å². The number of benzene rings is 1. The van der Waals surface area contributed by atoms with Gasteiger partial charge < -0.3 is 10.1 Å². The number of hydrogen-bond donors (Lipinski definition) is 1. The van der Waals surface area contributed by atoms with Gasteiger partial charge in [0.25, 0.3) is 5.91 Å². The molecule has 2 rings (SSSR count). The predicted molar refractivity (Wildman–Crippen MR) is 115 cm³/mol. The number of anilines is 1. The number of carbonyl (C=O) groups excluding carboxylic acids is 2. The molecule has 0 bridgehead atoms. The quantitative estimate of drug-likeness (QED) is 0.459. The molecule has 7 nitrogen and oxygen atoms in total. The fraction of sp³-hybridized carbons (Fsp3) is 0.263. The molecular weight excluding hydrogens is 436 g/mol. The van der Waals surface area contributed by atoms with E-state index < -0.39 is 28.5 Å². The highest BCUT2D eigenvalue weighted by molar-refractivity contribution is 7.89. The van der Waals surface area contributed by atoms with E-state index in [-0.39, 0.29) is 15.6 Å². The minimum Gasteiger partial charge on any atom is -0.452 e. The zero-order valence-electron chi connectivity index (χ0n) is 15.9. The second kappa shape index (κ2) is 10.5. The first kappa shape index (κ1) is 23.1. The SMILES string of the molecule is CCN(CC)S(=O)(=O)c1ccc(Cl)c(NC(=O)COC(=O)/C=C/c2cccs2)c1. The van der Waals surface area contributed by atoms with Crippen LogP contribution in [0.5, 0.6) is 0 Å². The van der Waals surface area contributed by atoms with Crippen molar-refractivity contribution in [3.05, 3.63) is 51.7 Å². The van der Waals surface area contributed by atoms with Crippen LogP contribution in [0.1, 0.15) is 18.7 Å². The molecule has 0 saturated heterocycles. The van der Waals surface area contributed by atoms with E-state index in [1.165, 1.54) is 39.9 Å². The number of hydrogen-bond acceptors (Lipinski definition) is 6. The lowest BCUT2D eigenvalue weighted by Gasteiger charge is -2.19. The van der Waals surface area contributed by atoms with Crippen LogP contribution in [0.15, 0.2) is 46.7 Å². The highest BCUT2D eigenvalue weighted by Crippen LogP contribution is 2.27. The molecule has 1 aromatic heterocycles. The molecule has 0 aliphatic carbocycles. The Morgan fingerprint density at radius 2 is 1.97 bits per heavy atom. The lowest BCUT2D eigenvalue weighted by atomic mass is 10.3. The van der Waals surface area contributed by atoms with Crippen molar-refractivity contribution < 1.29 is 22.7 Å². The van der Waals surface area contributed by atoms with Crippen LogP contribution in [0.4, 0.5) is 5.69 Å². The Kier molecular flexibility index (Phi) is 8.39. The van der Waals surface area contributed by atoms with Gasteiger partial charge in [0.2, 0.25) is 10.0 Å². The summed E-state index contributed by atoms with van der Waals surface area (Å²) in [6.45, 7) is 3.58. The highest BCUT2D eigenvalue weighted by atomic mass is 35.5. The van der Waals surface area contributed by atoms with Crippen molar-refractivity contribution in [2.45, 2.75) is 18.7 Å². The maximum Gasteiger partial charge on any atom is 0.331 e. The topological polar surface area (TPSA) is 92.8 Å². The van der Waals surface area contributed by atoms with Gasteiger partial charge in [0.1, 0.15) is 0 Å². The van der Waals surface area contributed by atoms with Gasteiger partial charge in [-0.15, -0.1) is 11.3 Å². The van der Waals surface area contributed by atoms with Gasteiger partial charge >= 0.3 is 5.97 Å². The smallest absolute Gasteiger partial charge is 0.331 e. The molecule has 10 heteroatoms. The molecule has 0 spiro atoms. The maximum atomic E-state index is 12.6. The Bertz CT molecular complexity index is 984. The standard InChI is InChI=1S/C19H21ClN2O5S2/c1-3-22(4-2)29(25,26)15-8-9-16(20)17(12-15)21-18(23)13-27-19(24)10-7-14-6-5-11-28-14/h5-12H,3-4,13H2,1-2H3,(H,21,23)/b10-7+. The molecule has 0 aliphatic rings. The molecule has 1 aromatic carbocycles. The summed E-state index contributed by atoms with van der Waals surface area (Å²) in [6.07, 6.45) is 2.81. The third-order valence-corrected chi connectivity index (χ3v) is 7.04. The van der Waals surface area contributed by atoms with Gasteiger partial charge in [-0.2, -0.15) is 4.31 Å². The van der Waals surface area contributed by atoms with E-state index in [1.807, 2.05) is 17.5 Å². The van der Waals surface area contributed by atoms with Crippen molar-refractivity contribution in [3.63, 3.8) is 0 Å². The first-order chi connectivity index (χ1) is 13.8. The van der Waals surface area contributed by atoms with Gasteiger partial charge in [-0.1, -0.05) is 31.5 Å². The summed E-state index contributed by atoms with van der Waals surface area (Å²) in [5.74, 6) is -1.31. The maximum absolute atomic E-state index is 12.6. The zero-order valence-corrected chi connectivity index (χ0v) is 18.3. The van der Waals surface area contributed by atoms with Crippen LogP contribution in [0, 0.1) is 0 Å². The zero-order chi connectivity index (χ0) is 21.4. The molecule has 1 heterocycles. The summed E-state index contributed by atoms with van der Waals surface area (Å²) < 4.78 is 31.4. The number of sulfonamides is 1. The van der Waals surface area contributed by atoms with Crippen LogP contribution in [-0.4, -0.2) is 44.3 Å². The molecule has 0 saturated carbocycles. The number of nitrogens with one attached hydrogen (secondary N) is 1. The largest absolute Gasteiger partial charge is 0.452 e. The number of rotatable bonds is 9. The van der Waals surface area contributed by atoms with E-state index in [2.05, 4.69) is 5.32 Å². The van der Waals surface area contributed by atoms with E-state index in [0.29, 0.717) is 13.1 Å². The average molecular weight is 457 g/mol. The normalized spacial score (nSPS) is 11.7. The molecule has 0 unspecified atom stereocenters. The second-order valence-corrected chi connectivity index (χ2v) is 9.06. The summed E-state index contributed by atoms with van der Waals surface area (Å²) in [5.41, 5.74) is 0.120. The van der Waals surface area contributed by atoms with Crippen LogP contribution < -0.4 is 5.32 Å². The molecule has 156 valence electrons. The van der Waals surface area contributed by atoms with Gasteiger partial charge in [-0.05, 0) is 35.7 Å². The fourth-order valence-corrected chi connectivity index (χ4v) is 4.65. The van der Waals surface area contributed by atoms with Crippen molar-refractivity contribution in [2.24, 2.45) is 0 Å². The molecule has 2 aromatic rings. The van der Waals surface area contributed by atoms with Crippen molar-refractivity contribution in [3.8, 4) is 0 Å². The summed E-state index contributed by atoms with van der Waals surface area (Å²) in [4.78, 5) is 24.7. The van der Waals surface area contributed by atoms with Crippen molar-refractivity contribution in [2.75, 3.05) is 25.0 Å². The number of ether oxygens (including phenoxy) is 1. The van der Waals surface area contributed by atoms with Gasteiger partial charge in [0.15, 0.2) is 6.61 Å². The summed E-state index contributed by atoms with van der Waals surface area (Å²) in [6, 6.07) is 7.74. The lowest BCUT2D eigenvalue weighted by molar-refractivity contribution is -0.142. The molecule has 0 aliphatic heterocycles. The van der Waals surface area contributed by atoms with Crippen molar-refractivity contribution >= 4 is 56.6 Å². The highest BCUT2D eigenvalue weighted by Gasteiger charge is 2.22. The Morgan fingerprint density at radius 1 is 1.24 bits per heavy atom. The molecule has 1 N–H and O–H groups in total. The van der Waals surface area contributed by atoms with E-state index in [1.54, 1.807) is 19.9 Å². The van der Waals surface area contributed by atoms with Gasteiger partial charge in [0.05, 0.1) is 15.6 Å². The number of halogens is 1. The molecule has 0 atom stereocenters. The van der Waals surface area contributed by atoms with Crippen LogP contribution in [0.3, 0.4) is 0 Å². The van der Waals surface area contributed by atoms with Crippen LogP contribution in [-0.2, 0) is 24.3 Å². The van der Waals surface area contributed by atoms with Crippen LogP contribution in [0.2, 0.25) is 5.02 Å². The Balaban J connectivity index is 2.02. The monoisotopic (exact) mass is 456 g/mol. The molecule has 29 heavy (non-hydrogen) atoms. The van der Waals surface area contributed by atoms with E-state index in [4.69, 9.17) is 16.3 Å². The molecular formula is C19H21ClN2O5S2. The second-order valence-electron chi connectivity index (χ2n) is 5.74. The summed E-state index contributed by atoms with van der Waals surface area (Å²) in [7, 11) is -3.70. The van der Waals surface area contributed by atoms with Gasteiger partial charge in [0, 0.05) is 24.0 Å². The van der Waals surface area contributed by atoms with Crippen molar-refractivity contribution in [1.82, 2.24) is 4.31 Å². The minimum atomic E-state index is -3.70. The molecule has 0 fully saturated rings. The number of amides is 1. The Morgan fingerprint density at radius 3 is 2.59 bits per heavy atom. The molecule has 1 amide bonds. The lowest BCUT2D eigenvalue weighted by Crippen LogP contribution is -2.30. The third kappa shape index (κ3) is 6.40. The van der Waals surface area contributed by atoms with Gasteiger partial charge in [-0.25, -0.2) is 13.2 Å². The Labute approximate surface area is 179 Å². The first-order valence-corrected chi connectivity index (χ1v) is 11.5. The van der Waals surface area contributed by atoms with Crippen molar-refractivity contribution in [1.29, 1.82) is 0 Å². The molecule has 0 radical (unpaired) electrons. The average Bonchev–Trinajstić information content (AvgIpc) is 3.20. The number of thiophene rings is 1. The van der Waals surface area contributed by atoms with E-state index in [0.717, 1.165) is 4.88 Å². The van der Waals surface area contributed by atoms with Crippen LogP contribution in [0.25, 0.3) is 6.08 Å². The first-order valence-electron chi connectivity index (χ1n) is 8.75. The Hall–Kier alpha value is -2.20. The van der Waals surface area contributed by atoms with E-state index in [9.17, 15) is 18.0 Å². The third-order valence-electron chi connectivity index (χ3n) is 3.83. The number of nitrogens with zero attached hydrogens (tertiary/aromatic N) is 1. The minimum absolute atomic E-state index is 0.0109. The van der Waals surface area contributed by atoms with Crippen LogP contribution >= 0.6 is 22.9 Å². The van der Waals surface area contributed by atoms with Gasteiger partial charge in [-0.3, -0.25) is 4.79 Å². The number of esters is 1. The number of carbonyl (C=O) groups is 2. The fourth-order valence-electron chi connectivity index (χ4n) is 2.38. The predicted octanol–water partition coefficient (Wildman–Crippen LogP) is 3.63. The summed E-state index contributed by atoms with van der Waals surface area (Å²) in [5, 5.41) is 4.51. The summed E-state index contributed by atoms with van der Waals surface area (Å²) >= 11 is 7.53.